The third-order valence-electron chi connectivity index (χ3n) is 6.80. The van der Waals surface area contributed by atoms with Gasteiger partial charge < -0.3 is 47.1 Å². The van der Waals surface area contributed by atoms with Crippen LogP contribution in [0.15, 0.2) is 36.7 Å². The summed E-state index contributed by atoms with van der Waals surface area (Å²) in [5.74, 6) is -0.313. The van der Waals surface area contributed by atoms with Gasteiger partial charge in [-0.05, 0) is 12.0 Å². The van der Waals surface area contributed by atoms with Gasteiger partial charge in [-0.1, -0.05) is 37.3 Å². The van der Waals surface area contributed by atoms with Crippen LogP contribution in [0.4, 0.5) is 11.8 Å². The van der Waals surface area contributed by atoms with Crippen LogP contribution in [-0.4, -0.2) is 97.4 Å². The number of carbonyl (C=O) groups is 2. The van der Waals surface area contributed by atoms with Gasteiger partial charge in [-0.2, -0.15) is 9.97 Å². The zero-order valence-corrected chi connectivity index (χ0v) is 22.8. The van der Waals surface area contributed by atoms with Crippen LogP contribution in [0.1, 0.15) is 31.6 Å². The molecule has 1 aliphatic rings. The fourth-order valence-corrected chi connectivity index (χ4v) is 4.54. The molecule has 0 radical (unpaired) electrons. The molecule has 9 N–H and O–H groups in total. The minimum absolute atomic E-state index is 0.0703. The van der Waals surface area contributed by atoms with E-state index in [1.807, 2.05) is 35.2 Å². The lowest BCUT2D eigenvalue weighted by molar-refractivity contribution is -0.132. The Morgan fingerprint density at radius 1 is 1.15 bits per heavy atom. The minimum Gasteiger partial charge on any atom is -0.387 e. The number of carbonyl (C=O) groups excluding carboxylic acids is 2. The van der Waals surface area contributed by atoms with Crippen LogP contribution in [0, 0.1) is 0 Å². The Morgan fingerprint density at radius 3 is 2.61 bits per heavy atom. The molecular formula is C26H37N9O6. The predicted octanol–water partition coefficient (Wildman–Crippen LogP) is -1.61. The average Bonchev–Trinajstić information content (AvgIpc) is 3.53. The molecule has 0 spiro atoms. The first-order valence-corrected chi connectivity index (χ1v) is 13.5. The fourth-order valence-electron chi connectivity index (χ4n) is 4.54. The van der Waals surface area contributed by atoms with Crippen molar-refractivity contribution in [1.29, 1.82) is 0 Å². The molecule has 41 heavy (non-hydrogen) atoms. The van der Waals surface area contributed by atoms with E-state index in [2.05, 4.69) is 25.6 Å². The van der Waals surface area contributed by atoms with Crippen LogP contribution in [-0.2, 0) is 20.7 Å². The van der Waals surface area contributed by atoms with Crippen molar-refractivity contribution in [3.8, 4) is 0 Å². The highest BCUT2D eigenvalue weighted by molar-refractivity contribution is 5.83. The number of nitrogens with two attached hydrogens (primary N) is 2. The van der Waals surface area contributed by atoms with E-state index in [-0.39, 0.29) is 48.2 Å². The van der Waals surface area contributed by atoms with Crippen LogP contribution >= 0.6 is 0 Å². The second kappa shape index (κ2) is 13.6. The Hall–Kier alpha value is -3.89. The zero-order chi connectivity index (χ0) is 29.5. The molecule has 2 aromatic heterocycles. The third-order valence-corrected chi connectivity index (χ3v) is 6.80. The van der Waals surface area contributed by atoms with Crippen LogP contribution in [0.3, 0.4) is 0 Å². The molecular weight excluding hydrogens is 534 g/mol. The number of fused-ring (bicyclic) bond motifs is 1. The van der Waals surface area contributed by atoms with E-state index in [9.17, 15) is 24.9 Å². The standard InChI is InChI=1S/C26H37N9O6/c1-2-16(36)31-24(40)21-19(38)20(39)25(41-21)35-14-30-18-22(28)32-26(33-23(18)35)34(13-9-17(37)29-11-10-27)12-8-15-6-4-3-5-7-15/h3-7,14,19-21,24-25,38-40H,2,8-13,27H2,1H3,(H,29,37)(H,31,36)(H2,28,32,33)/t19-,20+,21-,24?,25+/m0/s1. The Kier molecular flexibility index (Phi) is 10.0. The summed E-state index contributed by atoms with van der Waals surface area (Å²) in [6.07, 6.45) is -4.79. The Morgan fingerprint density at radius 2 is 1.90 bits per heavy atom. The number of hydrogen-bond donors (Lipinski definition) is 7. The summed E-state index contributed by atoms with van der Waals surface area (Å²) in [6.45, 7) is 3.07. The van der Waals surface area contributed by atoms with Gasteiger partial charge in [-0.25, -0.2) is 4.98 Å². The van der Waals surface area contributed by atoms with Gasteiger partial charge in [0.15, 0.2) is 23.9 Å². The number of rotatable bonds is 13. The van der Waals surface area contributed by atoms with E-state index in [0.717, 1.165) is 5.56 Å². The lowest BCUT2D eigenvalue weighted by Crippen LogP contribution is -2.48. The average molecular weight is 572 g/mol. The van der Waals surface area contributed by atoms with Crippen molar-refractivity contribution in [1.82, 2.24) is 30.2 Å². The van der Waals surface area contributed by atoms with E-state index in [1.54, 1.807) is 6.92 Å². The molecule has 1 saturated heterocycles. The normalized spacial score (nSPS) is 21.1. The second-order valence-electron chi connectivity index (χ2n) is 9.68. The summed E-state index contributed by atoms with van der Waals surface area (Å²) in [4.78, 5) is 39.3. The zero-order valence-electron chi connectivity index (χ0n) is 22.8. The number of imidazole rings is 1. The lowest BCUT2D eigenvalue weighted by atomic mass is 10.1. The van der Waals surface area contributed by atoms with Gasteiger partial charge in [0, 0.05) is 39.0 Å². The van der Waals surface area contributed by atoms with Gasteiger partial charge >= 0.3 is 0 Å². The summed E-state index contributed by atoms with van der Waals surface area (Å²) in [6, 6.07) is 9.81. The van der Waals surface area contributed by atoms with Crippen molar-refractivity contribution >= 4 is 34.7 Å². The van der Waals surface area contributed by atoms with Crippen LogP contribution in [0.5, 0.6) is 0 Å². The molecule has 5 atom stereocenters. The van der Waals surface area contributed by atoms with Gasteiger partial charge in [-0.3, -0.25) is 14.2 Å². The number of hydrogen-bond acceptors (Lipinski definition) is 12. The second-order valence-corrected chi connectivity index (χ2v) is 9.68. The molecule has 3 heterocycles. The summed E-state index contributed by atoms with van der Waals surface area (Å²) in [5.41, 5.74) is 13.3. The SMILES string of the molecule is CCC(=O)NC(O)[C@H]1O[C@@H](n2cnc3c(N)nc(N(CCC(=O)NCCN)CCc4ccccc4)nc32)[C@H](O)[C@@H]1O. The number of ether oxygens (including phenoxy) is 1. The van der Waals surface area contributed by atoms with Crippen molar-refractivity contribution in [2.24, 2.45) is 5.73 Å². The summed E-state index contributed by atoms with van der Waals surface area (Å²) < 4.78 is 7.18. The first-order chi connectivity index (χ1) is 19.7. The van der Waals surface area contributed by atoms with E-state index in [4.69, 9.17) is 16.2 Å². The van der Waals surface area contributed by atoms with E-state index >= 15 is 0 Å². The molecule has 1 unspecified atom stereocenters. The monoisotopic (exact) mass is 571 g/mol. The van der Waals surface area contributed by atoms with Crippen LogP contribution in [0.2, 0.25) is 0 Å². The molecule has 1 aromatic carbocycles. The largest absolute Gasteiger partial charge is 0.387 e. The lowest BCUT2D eigenvalue weighted by Gasteiger charge is -2.23. The number of nitrogen functional groups attached to an aromatic ring is 1. The summed E-state index contributed by atoms with van der Waals surface area (Å²) in [7, 11) is 0. The molecule has 0 aliphatic carbocycles. The summed E-state index contributed by atoms with van der Waals surface area (Å²) >= 11 is 0. The van der Waals surface area contributed by atoms with E-state index in [1.165, 1.54) is 10.9 Å². The number of aliphatic hydroxyl groups excluding tert-OH is 3. The Balaban J connectivity index is 1.61. The molecule has 222 valence electrons. The van der Waals surface area contributed by atoms with Crippen LogP contribution < -0.4 is 27.0 Å². The van der Waals surface area contributed by atoms with E-state index < -0.39 is 36.7 Å². The number of nitrogens with one attached hydrogen (secondary N) is 2. The molecule has 1 aliphatic heterocycles. The highest BCUT2D eigenvalue weighted by atomic mass is 16.6. The Bertz CT molecular complexity index is 1320. The molecule has 1 fully saturated rings. The highest BCUT2D eigenvalue weighted by Gasteiger charge is 2.47. The van der Waals surface area contributed by atoms with Gasteiger partial charge in [-0.15, -0.1) is 0 Å². The number of amides is 2. The topological polar surface area (TPSA) is 227 Å². The molecule has 2 amide bonds. The van der Waals surface area contributed by atoms with Crippen molar-refractivity contribution in [3.05, 3.63) is 42.2 Å². The van der Waals surface area contributed by atoms with Gasteiger partial charge in [0.2, 0.25) is 17.8 Å². The van der Waals surface area contributed by atoms with Crippen LogP contribution in [0.25, 0.3) is 11.2 Å². The number of nitrogens with zero attached hydrogens (tertiary/aromatic N) is 5. The smallest absolute Gasteiger partial charge is 0.229 e. The fraction of sp³-hybridized carbons (Fsp3) is 0.500. The number of benzene rings is 1. The first kappa shape index (κ1) is 30.1. The van der Waals surface area contributed by atoms with Gasteiger partial charge in [0.25, 0.3) is 0 Å². The van der Waals surface area contributed by atoms with Crippen molar-refractivity contribution in [2.45, 2.75) is 57.0 Å². The minimum atomic E-state index is -1.55. The van der Waals surface area contributed by atoms with Crippen molar-refractivity contribution in [2.75, 3.05) is 36.8 Å². The van der Waals surface area contributed by atoms with Crippen molar-refractivity contribution in [3.63, 3.8) is 0 Å². The Labute approximate surface area is 236 Å². The molecule has 0 bridgehead atoms. The highest BCUT2D eigenvalue weighted by Crippen LogP contribution is 2.33. The molecule has 4 rings (SSSR count). The van der Waals surface area contributed by atoms with E-state index in [0.29, 0.717) is 26.1 Å². The van der Waals surface area contributed by atoms with Gasteiger partial charge in [0.1, 0.15) is 23.8 Å². The number of aliphatic hydroxyl groups is 3. The maximum Gasteiger partial charge on any atom is 0.229 e. The van der Waals surface area contributed by atoms with Gasteiger partial charge in [0.05, 0.1) is 6.33 Å². The maximum absolute atomic E-state index is 12.3. The van der Waals surface area contributed by atoms with Crippen molar-refractivity contribution < 1.29 is 29.6 Å². The maximum atomic E-state index is 12.3. The molecule has 15 nitrogen and oxygen atoms in total. The number of aromatic nitrogens is 4. The first-order valence-electron chi connectivity index (χ1n) is 13.5. The molecule has 0 saturated carbocycles. The third kappa shape index (κ3) is 7.07. The molecule has 3 aromatic rings. The molecule has 15 heteroatoms. The quantitative estimate of drug-likeness (QED) is 0.115. The predicted molar refractivity (Wildman–Crippen MR) is 149 cm³/mol. The number of anilines is 2. The summed E-state index contributed by atoms with van der Waals surface area (Å²) in [5, 5.41) is 36.8.